The molecule has 2 heterocycles. The zero-order valence-electron chi connectivity index (χ0n) is 17.5. The fourth-order valence-electron chi connectivity index (χ4n) is 3.64. The number of fused-ring (bicyclic) bond motifs is 1. The normalized spacial score (nSPS) is 17.2. The summed E-state index contributed by atoms with van der Waals surface area (Å²) in [6.07, 6.45) is 0. The van der Waals surface area contributed by atoms with E-state index in [1.54, 1.807) is 0 Å². The molecular formula is C24H19ClFN5OS. The Kier molecular flexibility index (Phi) is 5.78. The lowest BCUT2D eigenvalue weighted by Crippen LogP contribution is -2.41. The van der Waals surface area contributed by atoms with Gasteiger partial charge in [-0.3, -0.25) is 4.79 Å². The van der Waals surface area contributed by atoms with Gasteiger partial charge in [-0.1, -0.05) is 83.5 Å². The van der Waals surface area contributed by atoms with E-state index in [9.17, 15) is 9.18 Å². The third-order valence-corrected chi connectivity index (χ3v) is 6.86. The summed E-state index contributed by atoms with van der Waals surface area (Å²) in [5.74, 6) is -0.127. The highest BCUT2D eigenvalue weighted by Crippen LogP contribution is 2.39. The number of hydrogen-bond acceptors (Lipinski definition) is 5. The van der Waals surface area contributed by atoms with Crippen LogP contribution in [0.25, 0.3) is 11.4 Å². The third-order valence-electron chi connectivity index (χ3n) is 5.35. The van der Waals surface area contributed by atoms with Crippen LogP contribution in [0, 0.1) is 12.7 Å². The van der Waals surface area contributed by atoms with Gasteiger partial charge in [0.05, 0.1) is 11.1 Å². The molecule has 1 amide bonds. The number of carbonyl (C=O) groups excluding carboxylic acids is 1. The second kappa shape index (κ2) is 8.88. The Bertz CT molecular complexity index is 1310. The average Bonchev–Trinajstić information content (AvgIpc) is 3.25. The standard InChI is InChI=1S/C24H19ClFN5OS/c1-14-7-9-15(10-8-14)20-21(23(32)27-17-11-12-19(26)18(25)13-17)33-24-29-28-22(31(24)30-20)16-5-3-2-4-6-16/h2-13,20-21,30H,1H3,(H,27,32)/t20-,21-/m0/s1. The lowest BCUT2D eigenvalue weighted by molar-refractivity contribution is -0.116. The number of halogens is 2. The van der Waals surface area contributed by atoms with E-state index in [2.05, 4.69) is 20.9 Å². The topological polar surface area (TPSA) is 71.8 Å². The van der Waals surface area contributed by atoms with Gasteiger partial charge in [-0.2, -0.15) is 0 Å². The molecule has 0 spiro atoms. The van der Waals surface area contributed by atoms with Gasteiger partial charge in [-0.15, -0.1) is 10.2 Å². The summed E-state index contributed by atoms with van der Waals surface area (Å²) in [5, 5.41) is 11.5. The molecule has 3 aromatic carbocycles. The fraction of sp³-hybridized carbons (Fsp3) is 0.125. The van der Waals surface area contributed by atoms with Crippen molar-refractivity contribution in [1.82, 2.24) is 14.9 Å². The number of hydrogen-bond donors (Lipinski definition) is 2. The van der Waals surface area contributed by atoms with Crippen LogP contribution in [-0.4, -0.2) is 26.0 Å². The lowest BCUT2D eigenvalue weighted by Gasteiger charge is -2.33. The van der Waals surface area contributed by atoms with Crippen LogP contribution < -0.4 is 10.7 Å². The Hall–Kier alpha value is -3.36. The highest BCUT2D eigenvalue weighted by molar-refractivity contribution is 8.00. The van der Waals surface area contributed by atoms with Gasteiger partial charge in [0.2, 0.25) is 11.1 Å². The molecule has 2 N–H and O–H groups in total. The Morgan fingerprint density at radius 1 is 1.09 bits per heavy atom. The van der Waals surface area contributed by atoms with Gasteiger partial charge in [0, 0.05) is 11.3 Å². The van der Waals surface area contributed by atoms with Gasteiger partial charge in [0.25, 0.3) is 0 Å². The summed E-state index contributed by atoms with van der Waals surface area (Å²) < 4.78 is 15.4. The van der Waals surface area contributed by atoms with E-state index in [-0.39, 0.29) is 17.0 Å². The number of aromatic nitrogens is 3. The summed E-state index contributed by atoms with van der Waals surface area (Å²) in [7, 11) is 0. The molecule has 166 valence electrons. The van der Waals surface area contributed by atoms with Crippen LogP contribution >= 0.6 is 23.4 Å². The Morgan fingerprint density at radius 3 is 2.58 bits per heavy atom. The predicted octanol–water partition coefficient (Wildman–Crippen LogP) is 5.44. The summed E-state index contributed by atoms with van der Waals surface area (Å²) in [6, 6.07) is 21.5. The number of nitrogens with zero attached hydrogens (tertiary/aromatic N) is 3. The molecule has 0 aliphatic carbocycles. The number of carbonyl (C=O) groups is 1. The van der Waals surface area contributed by atoms with E-state index in [4.69, 9.17) is 11.6 Å². The minimum absolute atomic E-state index is 0.0513. The van der Waals surface area contributed by atoms with Crippen molar-refractivity contribution >= 4 is 35.0 Å². The van der Waals surface area contributed by atoms with Crippen LogP contribution in [0.2, 0.25) is 5.02 Å². The first-order valence-corrected chi connectivity index (χ1v) is 11.5. The van der Waals surface area contributed by atoms with Crippen molar-refractivity contribution in [1.29, 1.82) is 0 Å². The molecule has 1 aliphatic heterocycles. The highest BCUT2D eigenvalue weighted by atomic mass is 35.5. The van der Waals surface area contributed by atoms with Crippen molar-refractivity contribution < 1.29 is 9.18 Å². The molecule has 0 fully saturated rings. The summed E-state index contributed by atoms with van der Waals surface area (Å²) >= 11 is 7.21. The minimum Gasteiger partial charge on any atom is -0.325 e. The van der Waals surface area contributed by atoms with Crippen molar-refractivity contribution in [3.8, 4) is 11.4 Å². The van der Waals surface area contributed by atoms with Gasteiger partial charge in [0.1, 0.15) is 11.1 Å². The van der Waals surface area contributed by atoms with Crippen LogP contribution in [-0.2, 0) is 4.79 Å². The Labute approximate surface area is 199 Å². The molecule has 0 radical (unpaired) electrons. The molecule has 4 aromatic rings. The van der Waals surface area contributed by atoms with E-state index >= 15 is 0 Å². The number of thioether (sulfide) groups is 1. The second-order valence-electron chi connectivity index (χ2n) is 7.68. The first kappa shape index (κ1) is 21.5. The Balaban J connectivity index is 1.50. The number of aryl methyl sites for hydroxylation is 1. The van der Waals surface area contributed by atoms with Crippen molar-refractivity contribution in [2.45, 2.75) is 23.4 Å². The summed E-state index contributed by atoms with van der Waals surface area (Å²) in [5.41, 5.74) is 6.85. The smallest absolute Gasteiger partial charge is 0.240 e. The molecule has 0 unspecified atom stereocenters. The third kappa shape index (κ3) is 4.31. The second-order valence-corrected chi connectivity index (χ2v) is 9.20. The predicted molar refractivity (Wildman–Crippen MR) is 128 cm³/mol. The summed E-state index contributed by atoms with van der Waals surface area (Å²) in [6.45, 7) is 2.01. The van der Waals surface area contributed by atoms with Crippen LogP contribution in [0.15, 0.2) is 78.0 Å². The van der Waals surface area contributed by atoms with E-state index in [1.807, 2.05) is 66.2 Å². The van der Waals surface area contributed by atoms with Crippen molar-refractivity contribution in [3.05, 3.63) is 94.8 Å². The average molecular weight is 480 g/mol. The summed E-state index contributed by atoms with van der Waals surface area (Å²) in [4.78, 5) is 13.3. The van der Waals surface area contributed by atoms with Crippen molar-refractivity contribution in [2.24, 2.45) is 0 Å². The first-order chi connectivity index (χ1) is 16.0. The first-order valence-electron chi connectivity index (χ1n) is 10.3. The van der Waals surface area contributed by atoms with Gasteiger partial charge in [0.15, 0.2) is 5.82 Å². The van der Waals surface area contributed by atoms with E-state index in [0.717, 1.165) is 16.7 Å². The molecular weight excluding hydrogens is 461 g/mol. The molecule has 33 heavy (non-hydrogen) atoms. The van der Waals surface area contributed by atoms with Gasteiger partial charge in [-0.25, -0.2) is 9.07 Å². The van der Waals surface area contributed by atoms with Gasteiger partial charge < -0.3 is 10.7 Å². The number of rotatable bonds is 4. The largest absolute Gasteiger partial charge is 0.325 e. The number of nitrogens with one attached hydrogen (secondary N) is 2. The quantitative estimate of drug-likeness (QED) is 0.407. The maximum Gasteiger partial charge on any atom is 0.240 e. The van der Waals surface area contributed by atoms with Crippen molar-refractivity contribution in [3.63, 3.8) is 0 Å². The molecule has 0 saturated carbocycles. The van der Waals surface area contributed by atoms with Crippen LogP contribution in [0.3, 0.4) is 0 Å². The molecule has 9 heteroatoms. The van der Waals surface area contributed by atoms with Crippen LogP contribution in [0.1, 0.15) is 17.2 Å². The van der Waals surface area contributed by atoms with Gasteiger partial charge in [-0.05, 0) is 30.7 Å². The SMILES string of the molecule is Cc1ccc([C@@H]2Nn3c(nnc3-c3ccccc3)S[C@@H]2C(=O)Nc2ccc(F)c(Cl)c2)cc1. The highest BCUT2D eigenvalue weighted by Gasteiger charge is 2.38. The van der Waals surface area contributed by atoms with E-state index < -0.39 is 11.1 Å². The zero-order chi connectivity index (χ0) is 22.9. The molecule has 5 rings (SSSR count). The van der Waals surface area contributed by atoms with E-state index in [1.165, 1.54) is 30.0 Å². The zero-order valence-corrected chi connectivity index (χ0v) is 19.1. The van der Waals surface area contributed by atoms with Crippen LogP contribution in [0.4, 0.5) is 10.1 Å². The monoisotopic (exact) mass is 479 g/mol. The van der Waals surface area contributed by atoms with Crippen molar-refractivity contribution in [2.75, 3.05) is 10.7 Å². The molecule has 6 nitrogen and oxygen atoms in total. The fourth-order valence-corrected chi connectivity index (χ4v) is 4.90. The van der Waals surface area contributed by atoms with Gasteiger partial charge >= 0.3 is 0 Å². The number of amides is 1. The number of benzene rings is 3. The molecule has 1 aromatic heterocycles. The molecule has 0 saturated heterocycles. The molecule has 2 atom stereocenters. The van der Waals surface area contributed by atoms with E-state index in [0.29, 0.717) is 16.7 Å². The molecule has 1 aliphatic rings. The van der Waals surface area contributed by atoms with Crippen LogP contribution in [0.5, 0.6) is 0 Å². The maximum atomic E-state index is 13.5. The lowest BCUT2D eigenvalue weighted by atomic mass is 10.0. The minimum atomic E-state index is -0.558. The number of anilines is 1. The molecule has 0 bridgehead atoms. The maximum absolute atomic E-state index is 13.5. The Morgan fingerprint density at radius 2 is 1.85 bits per heavy atom.